The average Bonchev–Trinajstić information content (AvgIpc) is 2.13. The fourth-order valence-electron chi connectivity index (χ4n) is 0.940. The van der Waals surface area contributed by atoms with Gasteiger partial charge in [-0.05, 0) is 13.0 Å². The van der Waals surface area contributed by atoms with Crippen molar-refractivity contribution in [2.45, 2.75) is 6.92 Å². The maximum atomic E-state index is 11.6. The molecular weight excluding hydrogens is 224 g/mol. The molecule has 1 N–H and O–H groups in total. The van der Waals surface area contributed by atoms with Crippen LogP contribution in [-0.2, 0) is 10.0 Å². The highest BCUT2D eigenvalue weighted by Gasteiger charge is 2.19. The van der Waals surface area contributed by atoms with Crippen LogP contribution in [0.5, 0.6) is 0 Å². The minimum absolute atomic E-state index is 0.00120. The number of sulfonamides is 1. The molecule has 0 rings (SSSR count). The van der Waals surface area contributed by atoms with E-state index in [1.807, 2.05) is 6.92 Å². The summed E-state index contributed by atoms with van der Waals surface area (Å²) in [5.74, 6) is 0.495. The van der Waals surface area contributed by atoms with E-state index in [4.69, 9.17) is 11.6 Å². The van der Waals surface area contributed by atoms with Crippen LogP contribution in [0.1, 0.15) is 6.92 Å². The van der Waals surface area contributed by atoms with Gasteiger partial charge < -0.3 is 5.32 Å². The molecule has 86 valence electrons. The lowest BCUT2D eigenvalue weighted by atomic mass is 10.3. The van der Waals surface area contributed by atoms with Crippen molar-refractivity contribution in [1.82, 2.24) is 9.62 Å². The normalized spacial score (nSPS) is 14.6. The molecule has 14 heavy (non-hydrogen) atoms. The molecule has 0 heterocycles. The Balaban J connectivity index is 4.17. The monoisotopic (exact) mass is 242 g/mol. The van der Waals surface area contributed by atoms with Crippen LogP contribution in [-0.4, -0.2) is 51.5 Å². The second kappa shape index (κ2) is 6.61. The molecule has 0 bridgehead atoms. The molecule has 1 unspecified atom stereocenters. The smallest absolute Gasteiger partial charge is 0.214 e. The molecule has 0 radical (unpaired) electrons. The molecule has 0 aliphatic carbocycles. The van der Waals surface area contributed by atoms with Gasteiger partial charge >= 0.3 is 0 Å². The SMILES string of the molecule is CNCCN(C)S(=O)(=O)CC(C)CCl. The summed E-state index contributed by atoms with van der Waals surface area (Å²) in [6.45, 7) is 2.98. The Labute approximate surface area is 91.7 Å². The van der Waals surface area contributed by atoms with Crippen molar-refractivity contribution in [3.8, 4) is 0 Å². The summed E-state index contributed by atoms with van der Waals surface area (Å²) in [5.41, 5.74) is 0. The van der Waals surface area contributed by atoms with Gasteiger partial charge in [0.1, 0.15) is 0 Å². The van der Waals surface area contributed by atoms with Crippen molar-refractivity contribution in [3.05, 3.63) is 0 Å². The number of likely N-dealkylation sites (N-methyl/N-ethyl adjacent to an activating group) is 2. The lowest BCUT2D eigenvalue weighted by Gasteiger charge is -2.18. The first kappa shape index (κ1) is 14.2. The topological polar surface area (TPSA) is 49.4 Å². The molecule has 0 aromatic carbocycles. The first-order valence-corrected chi connectivity index (χ1v) is 6.73. The quantitative estimate of drug-likeness (QED) is 0.656. The summed E-state index contributed by atoms with van der Waals surface area (Å²) in [4.78, 5) is 0. The van der Waals surface area contributed by atoms with Gasteiger partial charge in [0, 0.05) is 26.0 Å². The van der Waals surface area contributed by atoms with Crippen LogP contribution in [0.3, 0.4) is 0 Å². The largest absolute Gasteiger partial charge is 0.318 e. The molecule has 0 spiro atoms. The minimum atomic E-state index is -3.13. The zero-order valence-corrected chi connectivity index (χ0v) is 10.5. The second-order valence-corrected chi connectivity index (χ2v) is 5.89. The van der Waals surface area contributed by atoms with Gasteiger partial charge in [0.25, 0.3) is 0 Å². The molecule has 0 saturated heterocycles. The lowest BCUT2D eigenvalue weighted by molar-refractivity contribution is 0.460. The maximum Gasteiger partial charge on any atom is 0.214 e. The Morgan fingerprint density at radius 1 is 1.50 bits per heavy atom. The predicted molar refractivity (Wildman–Crippen MR) is 60.2 cm³/mol. The number of nitrogens with one attached hydrogen (secondary N) is 1. The molecule has 0 fully saturated rings. The highest BCUT2D eigenvalue weighted by Crippen LogP contribution is 2.06. The molecule has 0 amide bonds. The van der Waals surface area contributed by atoms with Gasteiger partial charge in [-0.2, -0.15) is 0 Å². The summed E-state index contributed by atoms with van der Waals surface area (Å²) >= 11 is 5.57. The van der Waals surface area contributed by atoms with E-state index in [1.165, 1.54) is 4.31 Å². The molecule has 4 nitrogen and oxygen atoms in total. The third-order valence-corrected chi connectivity index (χ3v) is 4.56. The predicted octanol–water partition coefficient (Wildman–Crippen LogP) is 0.342. The van der Waals surface area contributed by atoms with Crippen molar-refractivity contribution in [2.75, 3.05) is 38.8 Å². The third kappa shape index (κ3) is 5.14. The van der Waals surface area contributed by atoms with Crippen molar-refractivity contribution >= 4 is 21.6 Å². The zero-order chi connectivity index (χ0) is 11.2. The Morgan fingerprint density at radius 2 is 2.07 bits per heavy atom. The second-order valence-electron chi connectivity index (χ2n) is 3.46. The van der Waals surface area contributed by atoms with E-state index >= 15 is 0 Å². The Morgan fingerprint density at radius 3 is 2.50 bits per heavy atom. The van der Waals surface area contributed by atoms with Crippen LogP contribution in [0.4, 0.5) is 0 Å². The van der Waals surface area contributed by atoms with E-state index in [0.29, 0.717) is 19.0 Å². The Kier molecular flexibility index (Phi) is 6.68. The van der Waals surface area contributed by atoms with Crippen molar-refractivity contribution in [2.24, 2.45) is 5.92 Å². The summed E-state index contributed by atoms with van der Waals surface area (Å²) in [6.07, 6.45) is 0. The first-order chi connectivity index (χ1) is 6.44. The standard InChI is InChI=1S/C8H19ClN2O2S/c1-8(6-9)7-14(12,13)11(3)5-4-10-2/h8,10H,4-7H2,1-3H3. The van der Waals surface area contributed by atoms with Gasteiger partial charge in [-0.15, -0.1) is 11.6 Å². The number of rotatable bonds is 7. The summed E-state index contributed by atoms with van der Waals surface area (Å²) < 4.78 is 24.7. The molecule has 0 saturated carbocycles. The van der Waals surface area contributed by atoms with E-state index < -0.39 is 10.0 Å². The first-order valence-electron chi connectivity index (χ1n) is 4.58. The highest BCUT2D eigenvalue weighted by atomic mass is 35.5. The van der Waals surface area contributed by atoms with Gasteiger partial charge in [-0.25, -0.2) is 12.7 Å². The fourth-order valence-corrected chi connectivity index (χ4v) is 2.64. The van der Waals surface area contributed by atoms with Crippen molar-refractivity contribution in [1.29, 1.82) is 0 Å². The van der Waals surface area contributed by atoms with Crippen molar-refractivity contribution in [3.63, 3.8) is 0 Å². The average molecular weight is 243 g/mol. The summed E-state index contributed by atoms with van der Waals surface area (Å²) in [5, 5.41) is 2.91. The van der Waals surface area contributed by atoms with Gasteiger partial charge in [-0.3, -0.25) is 0 Å². The number of alkyl halides is 1. The van der Waals surface area contributed by atoms with Crippen LogP contribution in [0, 0.1) is 5.92 Å². The maximum absolute atomic E-state index is 11.6. The van der Waals surface area contributed by atoms with E-state index in [2.05, 4.69) is 5.32 Å². The number of nitrogens with zero attached hydrogens (tertiary/aromatic N) is 1. The van der Waals surface area contributed by atoms with Crippen LogP contribution in [0.2, 0.25) is 0 Å². The van der Waals surface area contributed by atoms with Gasteiger partial charge in [-0.1, -0.05) is 6.92 Å². The number of hydrogen-bond donors (Lipinski definition) is 1. The molecule has 0 aliphatic heterocycles. The van der Waals surface area contributed by atoms with E-state index in [1.54, 1.807) is 14.1 Å². The van der Waals surface area contributed by atoms with Crippen LogP contribution in [0.15, 0.2) is 0 Å². The van der Waals surface area contributed by atoms with E-state index in [-0.39, 0.29) is 11.7 Å². The van der Waals surface area contributed by atoms with Crippen molar-refractivity contribution < 1.29 is 8.42 Å². The summed E-state index contributed by atoms with van der Waals surface area (Å²) in [7, 11) is 0.249. The van der Waals surface area contributed by atoms with Gasteiger partial charge in [0.15, 0.2) is 0 Å². The van der Waals surface area contributed by atoms with E-state index in [0.717, 1.165) is 0 Å². The Bertz CT molecular complexity index is 244. The molecule has 1 atom stereocenters. The fraction of sp³-hybridized carbons (Fsp3) is 1.00. The molecule has 6 heteroatoms. The van der Waals surface area contributed by atoms with Crippen LogP contribution >= 0.6 is 11.6 Å². The molecule has 0 aliphatic rings. The minimum Gasteiger partial charge on any atom is -0.318 e. The van der Waals surface area contributed by atoms with Crippen LogP contribution < -0.4 is 5.32 Å². The third-order valence-electron chi connectivity index (χ3n) is 1.91. The van der Waals surface area contributed by atoms with E-state index in [9.17, 15) is 8.42 Å². The number of halogens is 1. The number of hydrogen-bond acceptors (Lipinski definition) is 3. The van der Waals surface area contributed by atoms with Gasteiger partial charge in [0.05, 0.1) is 5.75 Å². The Hall–Kier alpha value is 0.160. The highest BCUT2D eigenvalue weighted by molar-refractivity contribution is 7.89. The van der Waals surface area contributed by atoms with Crippen LogP contribution in [0.25, 0.3) is 0 Å². The summed E-state index contributed by atoms with van der Waals surface area (Å²) in [6, 6.07) is 0. The molecular formula is C8H19ClN2O2S. The zero-order valence-electron chi connectivity index (χ0n) is 8.96. The lowest BCUT2D eigenvalue weighted by Crippen LogP contribution is -2.36. The van der Waals surface area contributed by atoms with Gasteiger partial charge in [0.2, 0.25) is 10.0 Å². The molecule has 0 aromatic rings. The molecule has 0 aromatic heterocycles.